The zero-order valence-corrected chi connectivity index (χ0v) is 10.6. The molecule has 0 aliphatic heterocycles. The summed E-state index contributed by atoms with van der Waals surface area (Å²) < 4.78 is 7.11. The van der Waals surface area contributed by atoms with Crippen LogP contribution in [0.1, 0.15) is 13.8 Å². The van der Waals surface area contributed by atoms with E-state index in [1.54, 1.807) is 10.9 Å². The van der Waals surface area contributed by atoms with Crippen LogP contribution in [0.25, 0.3) is 5.70 Å². The summed E-state index contributed by atoms with van der Waals surface area (Å²) in [7, 11) is 0. The Morgan fingerprint density at radius 3 is 3.06 bits per heavy atom. The van der Waals surface area contributed by atoms with Gasteiger partial charge in [0, 0.05) is 17.8 Å². The van der Waals surface area contributed by atoms with Gasteiger partial charge in [0.1, 0.15) is 6.07 Å². The first-order valence-electron chi connectivity index (χ1n) is 5.43. The first-order chi connectivity index (χ1) is 8.13. The molecular formula is C12H14ClN3O. The molecule has 1 aromatic rings. The minimum absolute atomic E-state index is 0.0936. The van der Waals surface area contributed by atoms with Gasteiger partial charge in [-0.2, -0.15) is 10.4 Å². The van der Waals surface area contributed by atoms with Gasteiger partial charge in [-0.15, -0.1) is 0 Å². The van der Waals surface area contributed by atoms with Crippen LogP contribution in [-0.2, 0) is 4.74 Å². The molecule has 17 heavy (non-hydrogen) atoms. The third kappa shape index (κ3) is 1.86. The van der Waals surface area contributed by atoms with Crippen molar-refractivity contribution in [1.82, 2.24) is 9.78 Å². The minimum atomic E-state index is -0.301. The second kappa shape index (κ2) is 4.52. The molecule has 0 aromatic carbocycles. The molecule has 4 nitrogen and oxygen atoms in total. The Hall–Kier alpha value is -1.31. The van der Waals surface area contributed by atoms with Gasteiger partial charge >= 0.3 is 0 Å². The average molecular weight is 252 g/mol. The lowest BCUT2D eigenvalue weighted by Crippen LogP contribution is -2.45. The lowest BCUT2D eigenvalue weighted by molar-refractivity contribution is 0.00603. The van der Waals surface area contributed by atoms with Crippen LogP contribution in [0.5, 0.6) is 0 Å². The molecule has 0 spiro atoms. The van der Waals surface area contributed by atoms with Crippen molar-refractivity contribution in [3.8, 4) is 6.07 Å². The Kier molecular flexibility index (Phi) is 3.23. The topological polar surface area (TPSA) is 50.8 Å². The van der Waals surface area contributed by atoms with Crippen molar-refractivity contribution in [1.29, 1.82) is 5.26 Å². The van der Waals surface area contributed by atoms with E-state index < -0.39 is 0 Å². The predicted octanol–water partition coefficient (Wildman–Crippen LogP) is 2.49. The van der Waals surface area contributed by atoms with Gasteiger partial charge in [-0.05, 0) is 13.0 Å². The number of allylic oxidation sites excluding steroid dienone is 1. The van der Waals surface area contributed by atoms with Gasteiger partial charge in [-0.3, -0.25) is 0 Å². The molecule has 0 radical (unpaired) electrons. The average Bonchev–Trinajstić information content (AvgIpc) is 2.79. The fourth-order valence-corrected chi connectivity index (χ4v) is 2.35. The zero-order valence-electron chi connectivity index (χ0n) is 9.80. The molecule has 1 heterocycles. The molecule has 0 N–H and O–H groups in total. The lowest BCUT2D eigenvalue weighted by atomic mass is 9.63. The number of alkyl halides is 1. The zero-order chi connectivity index (χ0) is 12.5. The van der Waals surface area contributed by atoms with Crippen molar-refractivity contribution in [3.63, 3.8) is 0 Å². The standard InChI is InChI=1S/C12H14ClN3O/c1-9(17-8-13)12(2)6-11(10(12)7-14)16-5-3-4-15-16/h3-6,9-10H,8H2,1-2H3/t9?,10-,12-/m1/s1. The summed E-state index contributed by atoms with van der Waals surface area (Å²) >= 11 is 5.57. The highest BCUT2D eigenvalue weighted by Crippen LogP contribution is 2.49. The third-order valence-electron chi connectivity index (χ3n) is 3.46. The van der Waals surface area contributed by atoms with Crippen LogP contribution < -0.4 is 0 Å². The van der Waals surface area contributed by atoms with Gasteiger partial charge in [-0.1, -0.05) is 24.6 Å². The largest absolute Gasteiger partial charge is 0.362 e. The van der Waals surface area contributed by atoms with E-state index in [0.29, 0.717) is 0 Å². The highest BCUT2D eigenvalue weighted by molar-refractivity contribution is 6.17. The molecule has 3 atom stereocenters. The van der Waals surface area contributed by atoms with Crippen LogP contribution in [-0.4, -0.2) is 22.0 Å². The van der Waals surface area contributed by atoms with Gasteiger partial charge in [0.2, 0.25) is 0 Å². The Balaban J connectivity index is 2.26. The molecule has 90 valence electrons. The second-order valence-corrected chi connectivity index (χ2v) is 4.58. The first kappa shape index (κ1) is 12.2. The number of rotatable bonds is 4. The van der Waals surface area contributed by atoms with E-state index >= 15 is 0 Å². The van der Waals surface area contributed by atoms with Crippen molar-refractivity contribution >= 4 is 17.3 Å². The Labute approximate surface area is 105 Å². The van der Waals surface area contributed by atoms with Crippen molar-refractivity contribution in [2.45, 2.75) is 20.0 Å². The van der Waals surface area contributed by atoms with E-state index in [-0.39, 0.29) is 23.5 Å². The van der Waals surface area contributed by atoms with E-state index in [1.807, 2.05) is 32.2 Å². The number of hydrogen-bond acceptors (Lipinski definition) is 3. The van der Waals surface area contributed by atoms with Gasteiger partial charge in [0.25, 0.3) is 0 Å². The van der Waals surface area contributed by atoms with E-state index in [2.05, 4.69) is 11.2 Å². The maximum Gasteiger partial charge on any atom is 0.121 e. The fourth-order valence-electron chi connectivity index (χ4n) is 2.16. The van der Waals surface area contributed by atoms with Gasteiger partial charge in [-0.25, -0.2) is 4.68 Å². The summed E-state index contributed by atoms with van der Waals surface area (Å²) in [6.45, 7) is 3.94. The highest BCUT2D eigenvalue weighted by atomic mass is 35.5. The lowest BCUT2D eigenvalue weighted by Gasteiger charge is -2.44. The molecule has 1 unspecified atom stereocenters. The van der Waals surface area contributed by atoms with Gasteiger partial charge < -0.3 is 4.74 Å². The normalized spacial score (nSPS) is 29.1. The molecule has 0 fully saturated rings. The number of hydrogen-bond donors (Lipinski definition) is 0. The fraction of sp³-hybridized carbons (Fsp3) is 0.500. The second-order valence-electron chi connectivity index (χ2n) is 4.37. The van der Waals surface area contributed by atoms with Crippen LogP contribution in [0.3, 0.4) is 0 Å². The van der Waals surface area contributed by atoms with E-state index in [4.69, 9.17) is 16.3 Å². The van der Waals surface area contributed by atoms with E-state index in [0.717, 1.165) is 5.70 Å². The molecule has 0 amide bonds. The Morgan fingerprint density at radius 1 is 1.76 bits per heavy atom. The summed E-state index contributed by atoms with van der Waals surface area (Å²) in [5.74, 6) is -0.222. The summed E-state index contributed by atoms with van der Waals surface area (Å²) in [5, 5.41) is 13.4. The van der Waals surface area contributed by atoms with Crippen molar-refractivity contribution in [2.24, 2.45) is 11.3 Å². The minimum Gasteiger partial charge on any atom is -0.362 e. The van der Waals surface area contributed by atoms with Crippen LogP contribution in [0.15, 0.2) is 24.5 Å². The summed E-state index contributed by atoms with van der Waals surface area (Å²) in [4.78, 5) is 0. The molecule has 1 aliphatic rings. The highest BCUT2D eigenvalue weighted by Gasteiger charge is 2.49. The molecule has 0 saturated heterocycles. The third-order valence-corrected chi connectivity index (χ3v) is 3.59. The molecule has 2 rings (SSSR count). The van der Waals surface area contributed by atoms with Crippen molar-refractivity contribution in [2.75, 3.05) is 6.07 Å². The number of nitriles is 1. The molecular weight excluding hydrogens is 238 g/mol. The molecule has 0 saturated carbocycles. The van der Waals surface area contributed by atoms with Crippen LogP contribution in [0.2, 0.25) is 0 Å². The predicted molar refractivity (Wildman–Crippen MR) is 65.0 cm³/mol. The summed E-state index contributed by atoms with van der Waals surface area (Å²) in [6.07, 6.45) is 5.47. The van der Waals surface area contributed by atoms with Crippen LogP contribution in [0, 0.1) is 22.7 Å². The number of aromatic nitrogens is 2. The van der Waals surface area contributed by atoms with Crippen LogP contribution in [0.4, 0.5) is 0 Å². The molecule has 1 aliphatic carbocycles. The number of ether oxygens (including phenoxy) is 1. The summed E-state index contributed by atoms with van der Waals surface area (Å²) in [5.41, 5.74) is 0.607. The quantitative estimate of drug-likeness (QED) is 0.773. The SMILES string of the molecule is CC(OCCl)[C@@]1(C)C=C(n2cccn2)[C@H]1C#N. The van der Waals surface area contributed by atoms with E-state index in [9.17, 15) is 5.26 Å². The number of halogens is 1. The molecule has 1 aromatic heterocycles. The monoisotopic (exact) mass is 251 g/mol. The maximum absolute atomic E-state index is 9.29. The van der Waals surface area contributed by atoms with Crippen molar-refractivity contribution in [3.05, 3.63) is 24.5 Å². The Morgan fingerprint density at radius 2 is 2.53 bits per heavy atom. The Bertz CT molecular complexity index is 463. The summed E-state index contributed by atoms with van der Waals surface area (Å²) in [6, 6.07) is 4.29. The van der Waals surface area contributed by atoms with Gasteiger partial charge in [0.05, 0.1) is 23.8 Å². The van der Waals surface area contributed by atoms with Gasteiger partial charge in [0.15, 0.2) is 0 Å². The maximum atomic E-state index is 9.29. The molecule has 0 bridgehead atoms. The smallest absolute Gasteiger partial charge is 0.121 e. The van der Waals surface area contributed by atoms with Crippen molar-refractivity contribution < 1.29 is 4.74 Å². The first-order valence-corrected chi connectivity index (χ1v) is 5.97. The molecule has 5 heteroatoms. The number of nitrogens with zero attached hydrogens (tertiary/aromatic N) is 3. The van der Waals surface area contributed by atoms with Crippen LogP contribution >= 0.6 is 11.6 Å². The van der Waals surface area contributed by atoms with E-state index in [1.165, 1.54) is 0 Å².